The lowest BCUT2D eigenvalue weighted by Gasteiger charge is -2.35. The molecule has 1 saturated heterocycles. The number of hydrogen-bond donors (Lipinski definition) is 1. The maximum absolute atomic E-state index is 13.1. The molecule has 0 bridgehead atoms. The molecule has 4 rings (SSSR count). The van der Waals surface area contributed by atoms with Crippen molar-refractivity contribution in [3.63, 3.8) is 0 Å². The van der Waals surface area contributed by atoms with Crippen LogP contribution in [0.1, 0.15) is 23.7 Å². The number of rotatable bonds is 8. The number of nitrogens with zero attached hydrogens (tertiary/aromatic N) is 4. The number of aromatic nitrogens is 1. The summed E-state index contributed by atoms with van der Waals surface area (Å²) in [6, 6.07) is 13.9. The molecular weight excluding hydrogens is 426 g/mol. The second kappa shape index (κ2) is 10.5. The Bertz CT molecular complexity index is 1130. The summed E-state index contributed by atoms with van der Waals surface area (Å²) in [7, 11) is 5.88. The van der Waals surface area contributed by atoms with Crippen molar-refractivity contribution in [1.29, 1.82) is 0 Å². The molecule has 1 fully saturated rings. The van der Waals surface area contributed by atoms with E-state index in [0.29, 0.717) is 0 Å². The van der Waals surface area contributed by atoms with Gasteiger partial charge in [-0.3, -0.25) is 9.69 Å². The van der Waals surface area contributed by atoms with Crippen LogP contribution in [0.2, 0.25) is 0 Å². The SMILES string of the molecule is CCn1c(-c2ccc(C(=O)N3CCN(CCCN(C)C)CC3)cc2)c(N)c2ccc(OC)cc21. The van der Waals surface area contributed by atoms with Crippen molar-refractivity contribution >= 4 is 22.5 Å². The molecule has 0 radical (unpaired) electrons. The maximum Gasteiger partial charge on any atom is 0.253 e. The minimum Gasteiger partial charge on any atom is -0.497 e. The third kappa shape index (κ3) is 4.91. The van der Waals surface area contributed by atoms with Crippen molar-refractivity contribution in [2.45, 2.75) is 19.9 Å². The molecule has 0 atom stereocenters. The van der Waals surface area contributed by atoms with E-state index >= 15 is 0 Å². The maximum atomic E-state index is 13.1. The largest absolute Gasteiger partial charge is 0.497 e. The Kier molecular flexibility index (Phi) is 7.44. The van der Waals surface area contributed by atoms with Crippen LogP contribution in [0, 0.1) is 0 Å². The number of aryl methyl sites for hydroxylation is 1. The zero-order valence-corrected chi connectivity index (χ0v) is 20.9. The Balaban J connectivity index is 1.47. The molecule has 1 aromatic heterocycles. The van der Waals surface area contributed by atoms with Gasteiger partial charge in [-0.1, -0.05) is 12.1 Å². The number of amides is 1. The predicted molar refractivity (Wildman–Crippen MR) is 140 cm³/mol. The van der Waals surface area contributed by atoms with Crippen molar-refractivity contribution in [2.75, 3.05) is 66.2 Å². The predicted octanol–water partition coefficient (Wildman–Crippen LogP) is 3.63. The lowest BCUT2D eigenvalue weighted by molar-refractivity contribution is 0.0634. The number of nitrogen functional groups attached to an aromatic ring is 1. The van der Waals surface area contributed by atoms with Crippen LogP contribution in [0.15, 0.2) is 42.5 Å². The van der Waals surface area contributed by atoms with Gasteiger partial charge >= 0.3 is 0 Å². The molecule has 2 N–H and O–H groups in total. The van der Waals surface area contributed by atoms with Crippen molar-refractivity contribution in [2.24, 2.45) is 0 Å². The quantitative estimate of drug-likeness (QED) is 0.553. The fourth-order valence-electron chi connectivity index (χ4n) is 4.86. The summed E-state index contributed by atoms with van der Waals surface area (Å²) in [5.74, 6) is 0.915. The molecule has 34 heavy (non-hydrogen) atoms. The van der Waals surface area contributed by atoms with Crippen LogP contribution in [-0.4, -0.2) is 85.6 Å². The number of carbonyl (C=O) groups excluding carboxylic acids is 1. The van der Waals surface area contributed by atoms with Crippen LogP contribution in [0.25, 0.3) is 22.2 Å². The van der Waals surface area contributed by atoms with Crippen molar-refractivity contribution in [3.8, 4) is 17.0 Å². The van der Waals surface area contributed by atoms with Gasteiger partial charge < -0.3 is 24.8 Å². The highest BCUT2D eigenvalue weighted by atomic mass is 16.5. The molecule has 1 amide bonds. The van der Waals surface area contributed by atoms with Gasteiger partial charge in [0.15, 0.2) is 0 Å². The Labute approximate surface area is 202 Å². The number of benzene rings is 2. The molecule has 182 valence electrons. The number of methoxy groups -OCH3 is 1. The highest BCUT2D eigenvalue weighted by molar-refractivity contribution is 6.02. The standard InChI is InChI=1S/C27H37N5O2/c1-5-32-24-19-22(34-4)11-12-23(24)25(28)26(32)20-7-9-21(10-8-20)27(33)31-17-15-30(16-18-31)14-6-13-29(2)3/h7-12,19H,5-6,13-18,28H2,1-4H3. The van der Waals surface area contributed by atoms with Gasteiger partial charge in [-0.15, -0.1) is 0 Å². The van der Waals surface area contributed by atoms with E-state index in [1.165, 1.54) is 0 Å². The zero-order valence-electron chi connectivity index (χ0n) is 20.9. The molecule has 2 heterocycles. The van der Waals surface area contributed by atoms with Gasteiger partial charge in [0.25, 0.3) is 5.91 Å². The summed E-state index contributed by atoms with van der Waals surface area (Å²) < 4.78 is 7.62. The molecule has 1 aliphatic heterocycles. The van der Waals surface area contributed by atoms with Crippen LogP contribution in [0.3, 0.4) is 0 Å². The molecule has 3 aromatic rings. The van der Waals surface area contributed by atoms with Crippen LogP contribution in [0.5, 0.6) is 5.75 Å². The first-order valence-electron chi connectivity index (χ1n) is 12.2. The summed E-state index contributed by atoms with van der Waals surface area (Å²) in [5, 5.41) is 1.02. The van der Waals surface area contributed by atoms with Crippen LogP contribution in [-0.2, 0) is 6.54 Å². The fraction of sp³-hybridized carbons (Fsp3) is 0.444. The lowest BCUT2D eigenvalue weighted by Crippen LogP contribution is -2.49. The number of piperazine rings is 1. The topological polar surface area (TPSA) is 67.0 Å². The highest BCUT2D eigenvalue weighted by Crippen LogP contribution is 2.37. The van der Waals surface area contributed by atoms with Crippen molar-refractivity contribution in [3.05, 3.63) is 48.0 Å². The van der Waals surface area contributed by atoms with E-state index in [1.807, 2.05) is 47.4 Å². The smallest absolute Gasteiger partial charge is 0.253 e. The summed E-state index contributed by atoms with van der Waals surface area (Å²) >= 11 is 0. The van der Waals surface area contributed by atoms with Gasteiger partial charge in [0, 0.05) is 55.3 Å². The molecule has 0 aliphatic carbocycles. The molecule has 2 aromatic carbocycles. The fourth-order valence-corrected chi connectivity index (χ4v) is 4.86. The number of fused-ring (bicyclic) bond motifs is 1. The first-order chi connectivity index (χ1) is 16.4. The summed E-state index contributed by atoms with van der Waals surface area (Å²) in [5.41, 5.74) is 11.1. The Hall–Kier alpha value is -3.03. The highest BCUT2D eigenvalue weighted by Gasteiger charge is 2.22. The average molecular weight is 464 g/mol. The third-order valence-electron chi connectivity index (χ3n) is 6.77. The van der Waals surface area contributed by atoms with E-state index in [2.05, 4.69) is 35.4 Å². The van der Waals surface area contributed by atoms with E-state index in [4.69, 9.17) is 10.5 Å². The second-order valence-electron chi connectivity index (χ2n) is 9.26. The Morgan fingerprint density at radius 1 is 1.06 bits per heavy atom. The number of hydrogen-bond acceptors (Lipinski definition) is 5. The van der Waals surface area contributed by atoms with Gasteiger partial charge in [-0.05, 0) is 64.8 Å². The van der Waals surface area contributed by atoms with Crippen LogP contribution >= 0.6 is 0 Å². The molecular formula is C27H37N5O2. The van der Waals surface area contributed by atoms with Gasteiger partial charge in [0.05, 0.1) is 24.0 Å². The first kappa shape index (κ1) is 24.1. The zero-order chi connectivity index (χ0) is 24.2. The van der Waals surface area contributed by atoms with Gasteiger partial charge in [0.2, 0.25) is 0 Å². The molecule has 7 heteroatoms. The second-order valence-corrected chi connectivity index (χ2v) is 9.26. The number of nitrogens with two attached hydrogens (primary N) is 1. The van der Waals surface area contributed by atoms with Gasteiger partial charge in [-0.2, -0.15) is 0 Å². The molecule has 0 saturated carbocycles. The van der Waals surface area contributed by atoms with E-state index in [-0.39, 0.29) is 5.91 Å². The van der Waals surface area contributed by atoms with Crippen LogP contribution < -0.4 is 10.5 Å². The Morgan fingerprint density at radius 3 is 2.38 bits per heavy atom. The van der Waals surface area contributed by atoms with Crippen molar-refractivity contribution < 1.29 is 9.53 Å². The monoisotopic (exact) mass is 463 g/mol. The van der Waals surface area contributed by atoms with Gasteiger partial charge in [0.1, 0.15) is 5.75 Å². The number of anilines is 1. The number of ether oxygens (including phenoxy) is 1. The third-order valence-corrected chi connectivity index (χ3v) is 6.77. The van der Waals surface area contributed by atoms with Crippen LogP contribution in [0.4, 0.5) is 5.69 Å². The average Bonchev–Trinajstić information content (AvgIpc) is 3.14. The van der Waals surface area contributed by atoms with E-state index in [9.17, 15) is 4.79 Å². The summed E-state index contributed by atoms with van der Waals surface area (Å²) in [6.45, 7) is 8.52. The normalized spacial score (nSPS) is 14.8. The van der Waals surface area contributed by atoms with Gasteiger partial charge in [-0.25, -0.2) is 0 Å². The molecule has 7 nitrogen and oxygen atoms in total. The van der Waals surface area contributed by atoms with E-state index in [1.54, 1.807) is 7.11 Å². The molecule has 1 aliphatic rings. The summed E-state index contributed by atoms with van der Waals surface area (Å²) in [6.07, 6.45) is 1.16. The van der Waals surface area contributed by atoms with E-state index in [0.717, 1.165) is 91.4 Å². The lowest BCUT2D eigenvalue weighted by atomic mass is 10.1. The van der Waals surface area contributed by atoms with Crippen molar-refractivity contribution in [1.82, 2.24) is 19.3 Å². The minimum absolute atomic E-state index is 0.105. The van der Waals surface area contributed by atoms with E-state index < -0.39 is 0 Å². The molecule has 0 unspecified atom stereocenters. The Morgan fingerprint density at radius 2 is 1.76 bits per heavy atom. The molecule has 0 spiro atoms. The minimum atomic E-state index is 0.105. The first-order valence-corrected chi connectivity index (χ1v) is 12.2. The number of carbonyl (C=O) groups is 1. The summed E-state index contributed by atoms with van der Waals surface area (Å²) in [4.78, 5) is 19.8.